The van der Waals surface area contributed by atoms with Gasteiger partial charge < -0.3 is 0 Å². The van der Waals surface area contributed by atoms with Crippen LogP contribution in [0.15, 0.2) is 31.8 Å². The minimum Gasteiger partial charge on any atom is -0.204 e. The second kappa shape index (κ2) is 5.34. The standard InChI is InChI=1S/C11H5Br2ClF2S/c12-9-4-6(11(13)17-9)10(14)5-1-2-7(15)8(16)3-5/h1-4,10H. The van der Waals surface area contributed by atoms with Gasteiger partial charge in [0.1, 0.15) is 0 Å². The molecule has 1 heterocycles. The lowest BCUT2D eigenvalue weighted by molar-refractivity contribution is 0.507. The first-order valence-electron chi connectivity index (χ1n) is 4.53. The van der Waals surface area contributed by atoms with Crippen LogP contribution in [0.4, 0.5) is 8.78 Å². The van der Waals surface area contributed by atoms with Crippen LogP contribution in [0.2, 0.25) is 0 Å². The van der Waals surface area contributed by atoms with Gasteiger partial charge in [-0.3, -0.25) is 0 Å². The summed E-state index contributed by atoms with van der Waals surface area (Å²) in [6.07, 6.45) is 0. The fourth-order valence-electron chi connectivity index (χ4n) is 1.38. The van der Waals surface area contributed by atoms with Gasteiger partial charge in [0.2, 0.25) is 0 Å². The van der Waals surface area contributed by atoms with Crippen LogP contribution in [-0.4, -0.2) is 0 Å². The molecule has 1 aromatic heterocycles. The third kappa shape index (κ3) is 2.89. The fourth-order valence-corrected chi connectivity index (χ4v) is 4.78. The Morgan fingerprint density at radius 3 is 2.35 bits per heavy atom. The van der Waals surface area contributed by atoms with Crippen molar-refractivity contribution in [2.45, 2.75) is 5.38 Å². The topological polar surface area (TPSA) is 0 Å². The number of alkyl halides is 1. The summed E-state index contributed by atoms with van der Waals surface area (Å²) in [5.74, 6) is -1.76. The highest BCUT2D eigenvalue weighted by Gasteiger charge is 2.18. The number of thiophene rings is 1. The van der Waals surface area contributed by atoms with Crippen molar-refractivity contribution in [3.8, 4) is 0 Å². The number of halogens is 5. The highest BCUT2D eigenvalue weighted by molar-refractivity contribution is 9.12. The Labute approximate surface area is 123 Å². The highest BCUT2D eigenvalue weighted by Crippen LogP contribution is 2.40. The zero-order valence-electron chi connectivity index (χ0n) is 8.18. The zero-order valence-corrected chi connectivity index (χ0v) is 12.9. The van der Waals surface area contributed by atoms with Gasteiger partial charge in [-0.05, 0) is 55.6 Å². The molecule has 0 spiro atoms. The number of benzene rings is 1. The Morgan fingerprint density at radius 1 is 1.12 bits per heavy atom. The van der Waals surface area contributed by atoms with Gasteiger partial charge in [0.25, 0.3) is 0 Å². The van der Waals surface area contributed by atoms with Crippen LogP contribution in [0.5, 0.6) is 0 Å². The van der Waals surface area contributed by atoms with E-state index in [1.54, 1.807) is 0 Å². The lowest BCUT2D eigenvalue weighted by Gasteiger charge is -2.09. The van der Waals surface area contributed by atoms with Gasteiger partial charge in [-0.25, -0.2) is 8.78 Å². The smallest absolute Gasteiger partial charge is 0.159 e. The molecule has 1 aromatic carbocycles. The Kier molecular flexibility index (Phi) is 4.23. The Hall–Kier alpha value is 0.0300. The van der Waals surface area contributed by atoms with E-state index in [4.69, 9.17) is 11.6 Å². The van der Waals surface area contributed by atoms with E-state index >= 15 is 0 Å². The first-order chi connectivity index (χ1) is 7.99. The molecule has 2 aromatic rings. The molecule has 0 amide bonds. The average Bonchev–Trinajstić information content (AvgIpc) is 2.61. The molecule has 17 heavy (non-hydrogen) atoms. The van der Waals surface area contributed by atoms with Crippen LogP contribution < -0.4 is 0 Å². The molecule has 1 atom stereocenters. The third-order valence-corrected chi connectivity index (χ3v) is 5.07. The summed E-state index contributed by atoms with van der Waals surface area (Å²) in [5, 5.41) is -0.512. The monoisotopic (exact) mass is 400 g/mol. The SMILES string of the molecule is Fc1ccc(C(Cl)c2cc(Br)sc2Br)cc1F. The van der Waals surface area contributed by atoms with Crippen LogP contribution in [0.25, 0.3) is 0 Å². The maximum Gasteiger partial charge on any atom is 0.159 e. The molecule has 0 aliphatic rings. The molecule has 0 nitrogen and oxygen atoms in total. The van der Waals surface area contributed by atoms with Crippen molar-refractivity contribution in [2.75, 3.05) is 0 Å². The number of rotatable bonds is 2. The number of hydrogen-bond acceptors (Lipinski definition) is 1. The van der Waals surface area contributed by atoms with Crippen molar-refractivity contribution in [1.29, 1.82) is 0 Å². The summed E-state index contributed by atoms with van der Waals surface area (Å²) < 4.78 is 27.7. The first-order valence-corrected chi connectivity index (χ1v) is 7.36. The molecule has 2 rings (SSSR count). The van der Waals surface area contributed by atoms with E-state index in [0.29, 0.717) is 5.56 Å². The number of hydrogen-bond donors (Lipinski definition) is 0. The summed E-state index contributed by atoms with van der Waals surface area (Å²) in [7, 11) is 0. The predicted molar refractivity (Wildman–Crippen MR) is 73.8 cm³/mol. The van der Waals surface area contributed by atoms with E-state index in [-0.39, 0.29) is 0 Å². The second-order valence-corrected chi connectivity index (χ2v) is 7.50. The maximum atomic E-state index is 13.1. The normalized spacial score (nSPS) is 12.8. The largest absolute Gasteiger partial charge is 0.204 e. The molecule has 0 saturated heterocycles. The molecule has 0 saturated carbocycles. The van der Waals surface area contributed by atoms with E-state index in [9.17, 15) is 8.78 Å². The lowest BCUT2D eigenvalue weighted by atomic mass is 10.1. The van der Waals surface area contributed by atoms with Gasteiger partial charge in [-0.15, -0.1) is 22.9 Å². The van der Waals surface area contributed by atoms with Crippen molar-refractivity contribution < 1.29 is 8.78 Å². The van der Waals surface area contributed by atoms with Crippen LogP contribution >= 0.6 is 54.8 Å². The van der Waals surface area contributed by atoms with Crippen LogP contribution in [-0.2, 0) is 0 Å². The van der Waals surface area contributed by atoms with Crippen LogP contribution in [0, 0.1) is 11.6 Å². The lowest BCUT2D eigenvalue weighted by Crippen LogP contribution is -1.94. The summed E-state index contributed by atoms with van der Waals surface area (Å²) in [4.78, 5) is 0. The highest BCUT2D eigenvalue weighted by atomic mass is 79.9. The molecular formula is C11H5Br2ClF2S. The molecule has 6 heteroatoms. The van der Waals surface area contributed by atoms with E-state index in [1.165, 1.54) is 17.4 Å². The summed E-state index contributed by atoms with van der Waals surface area (Å²) in [6, 6.07) is 5.53. The zero-order chi connectivity index (χ0) is 12.6. The van der Waals surface area contributed by atoms with Gasteiger partial charge >= 0.3 is 0 Å². The third-order valence-electron chi connectivity index (χ3n) is 2.19. The minimum atomic E-state index is -0.890. The molecular weight excluding hydrogens is 397 g/mol. The van der Waals surface area contributed by atoms with E-state index in [1.807, 2.05) is 6.07 Å². The summed E-state index contributed by atoms with van der Waals surface area (Å²) >= 11 is 14.5. The Balaban J connectivity index is 2.40. The predicted octanol–water partition coefficient (Wildman–Crippen LogP) is 5.88. The van der Waals surface area contributed by atoms with Crippen molar-refractivity contribution in [2.24, 2.45) is 0 Å². The average molecular weight is 402 g/mol. The van der Waals surface area contributed by atoms with Gasteiger partial charge in [0.05, 0.1) is 12.9 Å². The molecule has 0 N–H and O–H groups in total. The first kappa shape index (κ1) is 13.5. The van der Waals surface area contributed by atoms with E-state index < -0.39 is 17.0 Å². The van der Waals surface area contributed by atoms with Gasteiger partial charge in [0.15, 0.2) is 11.6 Å². The van der Waals surface area contributed by atoms with E-state index in [2.05, 4.69) is 31.9 Å². The van der Waals surface area contributed by atoms with Crippen molar-refractivity contribution in [1.82, 2.24) is 0 Å². The van der Waals surface area contributed by atoms with Gasteiger partial charge in [0, 0.05) is 5.56 Å². The van der Waals surface area contributed by atoms with Crippen molar-refractivity contribution in [3.05, 3.63) is 54.6 Å². The van der Waals surface area contributed by atoms with Crippen LogP contribution in [0.3, 0.4) is 0 Å². The van der Waals surface area contributed by atoms with Gasteiger partial charge in [-0.1, -0.05) is 6.07 Å². The molecule has 0 aliphatic heterocycles. The second-order valence-electron chi connectivity index (χ2n) is 3.32. The Morgan fingerprint density at radius 2 is 1.82 bits per heavy atom. The summed E-state index contributed by atoms with van der Waals surface area (Å²) in [6.45, 7) is 0. The van der Waals surface area contributed by atoms with Gasteiger partial charge in [-0.2, -0.15) is 0 Å². The van der Waals surface area contributed by atoms with Crippen molar-refractivity contribution in [3.63, 3.8) is 0 Å². The van der Waals surface area contributed by atoms with E-state index in [0.717, 1.165) is 25.3 Å². The molecule has 0 fully saturated rings. The van der Waals surface area contributed by atoms with Crippen molar-refractivity contribution >= 4 is 54.8 Å². The van der Waals surface area contributed by atoms with Crippen LogP contribution in [0.1, 0.15) is 16.5 Å². The quantitative estimate of drug-likeness (QED) is 0.551. The molecule has 0 aliphatic carbocycles. The maximum absolute atomic E-state index is 13.1. The fraction of sp³-hybridized carbons (Fsp3) is 0.0909. The minimum absolute atomic E-state index is 0.512. The molecule has 1 unspecified atom stereocenters. The molecule has 0 bridgehead atoms. The molecule has 0 radical (unpaired) electrons. The summed E-state index contributed by atoms with van der Waals surface area (Å²) in [5.41, 5.74) is 1.35. The Bertz CT molecular complexity index is 556. The molecule has 90 valence electrons.